The lowest BCUT2D eigenvalue weighted by molar-refractivity contribution is 0.0771. The fraction of sp³-hybridized carbons (Fsp3) is 0.158. The van der Waals surface area contributed by atoms with Gasteiger partial charge in [0.1, 0.15) is 17.5 Å². The highest BCUT2D eigenvalue weighted by molar-refractivity contribution is 5.86. The van der Waals surface area contributed by atoms with Crippen molar-refractivity contribution >= 4 is 23.5 Å². The number of benzene rings is 1. The molecule has 7 nitrogen and oxygen atoms in total. The van der Waals surface area contributed by atoms with Gasteiger partial charge >= 0.3 is 6.01 Å². The molecular weight excluding hydrogens is 385 g/mol. The summed E-state index contributed by atoms with van der Waals surface area (Å²) in [5, 5.41) is 13.5. The monoisotopic (exact) mass is 404 g/mol. The van der Waals surface area contributed by atoms with E-state index in [1.54, 1.807) is 24.3 Å². The number of pyridine rings is 1. The quantitative estimate of drug-likeness (QED) is 0.462. The van der Waals surface area contributed by atoms with Crippen LogP contribution in [-0.2, 0) is 6.54 Å². The Morgan fingerprint density at radius 3 is 2.76 bits per heavy atom. The maximum atomic E-state index is 13.8. The predicted molar refractivity (Wildman–Crippen MR) is 105 cm³/mol. The first-order chi connectivity index (χ1) is 14.0. The number of rotatable bonds is 9. The van der Waals surface area contributed by atoms with E-state index >= 15 is 0 Å². The molecule has 1 aromatic carbocycles. The minimum absolute atomic E-state index is 0. The molecule has 0 aliphatic carbocycles. The summed E-state index contributed by atoms with van der Waals surface area (Å²) >= 11 is 0. The number of hydrogen-bond donors (Lipinski definition) is 3. The van der Waals surface area contributed by atoms with E-state index in [1.807, 2.05) is 0 Å². The van der Waals surface area contributed by atoms with E-state index in [0.717, 1.165) is 6.21 Å². The zero-order valence-corrected chi connectivity index (χ0v) is 15.1. The highest BCUT2D eigenvalue weighted by atomic mass is 19.3. The zero-order chi connectivity index (χ0) is 20.6. The fourth-order valence-electron chi connectivity index (χ4n) is 2.38. The van der Waals surface area contributed by atoms with Crippen LogP contribution in [0, 0.1) is 11.2 Å². The molecule has 3 aromatic rings. The predicted octanol–water partition coefficient (Wildman–Crippen LogP) is 4.25. The van der Waals surface area contributed by atoms with Gasteiger partial charge < -0.3 is 20.8 Å². The van der Waals surface area contributed by atoms with Gasteiger partial charge in [-0.15, -0.1) is 0 Å². The van der Waals surface area contributed by atoms with Crippen LogP contribution in [0.3, 0.4) is 0 Å². The van der Waals surface area contributed by atoms with Crippen LogP contribution in [0.5, 0.6) is 6.01 Å². The van der Waals surface area contributed by atoms with Crippen LogP contribution >= 0.6 is 0 Å². The van der Waals surface area contributed by atoms with E-state index in [-0.39, 0.29) is 19.8 Å². The minimum Gasteiger partial charge on any atom is -0.457 e. The molecule has 0 radical (unpaired) electrons. The standard InChI is InChI=1S/C19H17F3N6O.H2/c20-14-4-2-1-3-12(14)9-25-15-7-18(26-10-13(15)8-23)27-17-5-6-24-19(28-17)29-11-16(21)22;/h1-8,10,16,23H,9,11H2,(H2,24,25,26,27,28);1H. The van der Waals surface area contributed by atoms with Crippen molar-refractivity contribution < 1.29 is 19.3 Å². The molecule has 2 heterocycles. The van der Waals surface area contributed by atoms with Crippen molar-refractivity contribution in [1.82, 2.24) is 15.0 Å². The molecule has 0 spiro atoms. The molecule has 2 aromatic heterocycles. The van der Waals surface area contributed by atoms with Gasteiger partial charge in [-0.3, -0.25) is 0 Å². The molecule has 0 fully saturated rings. The Balaban J connectivity index is 0.00000320. The lowest BCUT2D eigenvalue weighted by atomic mass is 10.2. The SMILES string of the molecule is N=Cc1cnc(Nc2ccnc(OCC(F)F)n2)cc1NCc1ccccc1F.[HH]. The number of aromatic nitrogens is 3. The van der Waals surface area contributed by atoms with E-state index in [1.165, 1.54) is 24.5 Å². The molecule has 0 amide bonds. The zero-order valence-electron chi connectivity index (χ0n) is 15.1. The van der Waals surface area contributed by atoms with Crippen LogP contribution in [0.15, 0.2) is 48.8 Å². The highest BCUT2D eigenvalue weighted by Crippen LogP contribution is 2.21. The van der Waals surface area contributed by atoms with Crippen molar-refractivity contribution in [3.63, 3.8) is 0 Å². The lowest BCUT2D eigenvalue weighted by Crippen LogP contribution is -2.10. The summed E-state index contributed by atoms with van der Waals surface area (Å²) in [6, 6.07) is 9.34. The summed E-state index contributed by atoms with van der Waals surface area (Å²) in [6.45, 7) is -0.587. The first-order valence-electron chi connectivity index (χ1n) is 8.54. The highest BCUT2D eigenvalue weighted by Gasteiger charge is 2.09. The first kappa shape index (κ1) is 20.1. The molecule has 0 aliphatic heterocycles. The molecule has 0 bridgehead atoms. The van der Waals surface area contributed by atoms with Gasteiger partial charge in [0.15, 0.2) is 6.61 Å². The number of nitrogens with one attached hydrogen (secondary N) is 3. The Kier molecular flexibility index (Phi) is 6.56. The second kappa shape index (κ2) is 9.49. The average molecular weight is 404 g/mol. The summed E-state index contributed by atoms with van der Waals surface area (Å²) in [6.07, 6.45) is 1.32. The number of hydrogen-bond acceptors (Lipinski definition) is 7. The number of alkyl halides is 2. The molecule has 10 heteroatoms. The van der Waals surface area contributed by atoms with Gasteiger partial charge in [-0.2, -0.15) is 4.98 Å². The van der Waals surface area contributed by atoms with Gasteiger partial charge in [-0.25, -0.2) is 23.1 Å². The molecule has 3 N–H and O–H groups in total. The summed E-state index contributed by atoms with van der Waals surface area (Å²) in [5.41, 5.74) is 1.55. The van der Waals surface area contributed by atoms with Crippen LogP contribution in [0.25, 0.3) is 0 Å². The maximum absolute atomic E-state index is 13.8. The molecule has 3 rings (SSSR count). The number of ether oxygens (including phenoxy) is 1. The molecular formula is C19H19F3N6O. The normalized spacial score (nSPS) is 10.6. The Labute approximate surface area is 166 Å². The maximum Gasteiger partial charge on any atom is 0.318 e. The van der Waals surface area contributed by atoms with Gasteiger partial charge in [0.05, 0.1) is 0 Å². The third kappa shape index (κ3) is 5.64. The largest absolute Gasteiger partial charge is 0.457 e. The lowest BCUT2D eigenvalue weighted by Gasteiger charge is -2.12. The molecule has 0 atom stereocenters. The second-order valence-corrected chi connectivity index (χ2v) is 5.80. The molecule has 152 valence electrons. The van der Waals surface area contributed by atoms with Crippen LogP contribution in [-0.4, -0.2) is 34.2 Å². The van der Waals surface area contributed by atoms with E-state index in [2.05, 4.69) is 25.6 Å². The Bertz CT molecular complexity index is 992. The van der Waals surface area contributed by atoms with E-state index in [9.17, 15) is 13.2 Å². The first-order valence-corrected chi connectivity index (χ1v) is 8.54. The Hall–Kier alpha value is -3.69. The van der Waals surface area contributed by atoms with Crippen molar-refractivity contribution in [2.75, 3.05) is 17.2 Å². The van der Waals surface area contributed by atoms with E-state index < -0.39 is 13.0 Å². The average Bonchev–Trinajstić information content (AvgIpc) is 2.72. The molecule has 0 unspecified atom stereocenters. The van der Waals surface area contributed by atoms with Crippen LogP contribution in [0.4, 0.5) is 30.5 Å². The van der Waals surface area contributed by atoms with Gasteiger partial charge in [-0.05, 0) is 12.1 Å². The fourth-order valence-corrected chi connectivity index (χ4v) is 2.38. The van der Waals surface area contributed by atoms with Crippen LogP contribution in [0.2, 0.25) is 0 Å². The van der Waals surface area contributed by atoms with Crippen molar-refractivity contribution in [1.29, 1.82) is 5.41 Å². The van der Waals surface area contributed by atoms with Gasteiger partial charge in [-0.1, -0.05) is 18.2 Å². The van der Waals surface area contributed by atoms with Gasteiger partial charge in [0.25, 0.3) is 6.43 Å². The van der Waals surface area contributed by atoms with E-state index in [4.69, 9.17) is 10.1 Å². The van der Waals surface area contributed by atoms with Crippen molar-refractivity contribution in [3.8, 4) is 6.01 Å². The van der Waals surface area contributed by atoms with Crippen molar-refractivity contribution in [2.24, 2.45) is 0 Å². The summed E-state index contributed by atoms with van der Waals surface area (Å²) in [7, 11) is 0. The van der Waals surface area contributed by atoms with Crippen molar-refractivity contribution in [2.45, 2.75) is 13.0 Å². The number of nitrogens with zero attached hydrogens (tertiary/aromatic N) is 3. The molecule has 0 aliphatic rings. The summed E-state index contributed by atoms with van der Waals surface area (Å²) < 4.78 is 43.1. The Morgan fingerprint density at radius 2 is 2.00 bits per heavy atom. The summed E-state index contributed by atoms with van der Waals surface area (Å²) in [5.74, 6) is 0.339. The topological polar surface area (TPSA) is 95.8 Å². The van der Waals surface area contributed by atoms with Gasteiger partial charge in [0, 0.05) is 49.5 Å². The molecule has 0 saturated carbocycles. The number of anilines is 3. The van der Waals surface area contributed by atoms with Gasteiger partial charge in [0.2, 0.25) is 0 Å². The van der Waals surface area contributed by atoms with Crippen molar-refractivity contribution in [3.05, 3.63) is 65.7 Å². The molecule has 0 saturated heterocycles. The number of halogens is 3. The Morgan fingerprint density at radius 1 is 1.17 bits per heavy atom. The van der Waals surface area contributed by atoms with E-state index in [0.29, 0.717) is 28.5 Å². The minimum atomic E-state index is -2.63. The third-order valence-corrected chi connectivity index (χ3v) is 3.75. The second-order valence-electron chi connectivity index (χ2n) is 5.80. The third-order valence-electron chi connectivity index (χ3n) is 3.75. The smallest absolute Gasteiger partial charge is 0.318 e. The molecule has 29 heavy (non-hydrogen) atoms. The summed E-state index contributed by atoms with van der Waals surface area (Å²) in [4.78, 5) is 11.9. The van der Waals surface area contributed by atoms with Crippen LogP contribution < -0.4 is 15.4 Å². The van der Waals surface area contributed by atoms with Crippen LogP contribution in [0.1, 0.15) is 12.6 Å².